The van der Waals surface area contributed by atoms with Gasteiger partial charge in [0.2, 0.25) is 5.82 Å². The van der Waals surface area contributed by atoms with Gasteiger partial charge in [-0.05, 0) is 73.8 Å². The largest absolute Gasteiger partial charge is 0.234 e. The van der Waals surface area contributed by atoms with Gasteiger partial charge in [-0.1, -0.05) is 105 Å². The zero-order chi connectivity index (χ0) is 29.4. The molecule has 0 saturated carbocycles. The van der Waals surface area contributed by atoms with Crippen LogP contribution in [0.1, 0.15) is 36.1 Å². The van der Waals surface area contributed by atoms with Gasteiger partial charge in [0.05, 0.1) is 0 Å². The maximum atomic E-state index is 5.24. The number of rotatable bonds is 3. The maximum absolute atomic E-state index is 5.24. The summed E-state index contributed by atoms with van der Waals surface area (Å²) >= 11 is 0. The second-order valence-electron chi connectivity index (χ2n) is 12.1. The van der Waals surface area contributed by atoms with Crippen LogP contribution in [0, 0.1) is 0 Å². The molecule has 0 bridgehead atoms. The lowest BCUT2D eigenvalue weighted by Gasteiger charge is -2.25. The van der Waals surface area contributed by atoms with Gasteiger partial charge >= 0.3 is 0 Å². The van der Waals surface area contributed by atoms with Crippen molar-refractivity contribution in [2.75, 3.05) is 0 Å². The van der Waals surface area contributed by atoms with Crippen LogP contribution in [-0.4, -0.2) is 24.9 Å². The molecule has 0 spiro atoms. The third-order valence-electron chi connectivity index (χ3n) is 9.24. The lowest BCUT2D eigenvalue weighted by atomic mass is 9.78. The number of nitrogens with zero attached hydrogens (tertiary/aromatic N) is 5. The fourth-order valence-corrected chi connectivity index (χ4v) is 7.32. The smallest absolute Gasteiger partial charge is 0.201 e. The van der Waals surface area contributed by atoms with E-state index in [1.807, 2.05) is 0 Å². The predicted octanol–water partition coefficient (Wildman–Crippen LogP) is 8.69. The highest BCUT2D eigenvalue weighted by atomic mass is 15.1. The lowest BCUT2D eigenvalue weighted by molar-refractivity contribution is 0.662. The number of hydrogen-bond donors (Lipinski definition) is 0. The van der Waals surface area contributed by atoms with E-state index in [4.69, 9.17) is 15.0 Å². The Kier molecular flexibility index (Phi) is 5.24. The molecule has 44 heavy (non-hydrogen) atoms. The normalized spacial score (nSPS) is 13.8. The van der Waals surface area contributed by atoms with Gasteiger partial charge in [0, 0.05) is 28.9 Å². The van der Waals surface area contributed by atoms with Gasteiger partial charge < -0.3 is 0 Å². The molecule has 0 radical (unpaired) electrons. The lowest BCUT2D eigenvalue weighted by Crippen LogP contribution is -2.16. The summed E-state index contributed by atoms with van der Waals surface area (Å²) in [5, 5.41) is 2.23. The second kappa shape index (κ2) is 9.22. The summed E-state index contributed by atoms with van der Waals surface area (Å²) in [5.74, 6) is 2.18. The highest BCUT2D eigenvalue weighted by Gasteiger charge is 2.42. The summed E-state index contributed by atoms with van der Waals surface area (Å²) in [4.78, 5) is 24.4. The molecule has 2 heterocycles. The summed E-state index contributed by atoms with van der Waals surface area (Å²) in [6.45, 7) is 4.70. The van der Waals surface area contributed by atoms with Crippen molar-refractivity contribution in [2.45, 2.75) is 25.7 Å². The summed E-state index contributed by atoms with van der Waals surface area (Å²) in [7, 11) is 0. The Morgan fingerprint density at radius 3 is 2.05 bits per heavy atom. The molecule has 0 unspecified atom stereocenters. The Morgan fingerprint density at radius 2 is 1.18 bits per heavy atom. The zero-order valence-electron chi connectivity index (χ0n) is 24.4. The van der Waals surface area contributed by atoms with Crippen molar-refractivity contribution < 1.29 is 0 Å². The van der Waals surface area contributed by atoms with Crippen molar-refractivity contribution in [3.8, 4) is 56.7 Å². The fraction of sp³-hybridized carbons (Fsp3) is 0.103. The van der Waals surface area contributed by atoms with Crippen molar-refractivity contribution in [2.24, 2.45) is 0 Å². The fourth-order valence-electron chi connectivity index (χ4n) is 7.32. The Bertz CT molecular complexity index is 2280. The maximum Gasteiger partial charge on any atom is 0.201 e. The van der Waals surface area contributed by atoms with Crippen molar-refractivity contribution in [1.29, 1.82) is 0 Å². The molecule has 5 nitrogen and oxygen atoms in total. The summed E-state index contributed by atoms with van der Waals surface area (Å²) < 4.78 is 0. The van der Waals surface area contributed by atoms with E-state index in [-0.39, 0.29) is 5.41 Å². The van der Waals surface area contributed by atoms with Crippen molar-refractivity contribution in [3.63, 3.8) is 0 Å². The average molecular weight is 566 g/mol. The predicted molar refractivity (Wildman–Crippen MR) is 175 cm³/mol. The van der Waals surface area contributed by atoms with Crippen LogP contribution in [-0.2, 0) is 11.8 Å². The van der Waals surface area contributed by atoms with E-state index in [1.165, 1.54) is 44.5 Å². The first kappa shape index (κ1) is 25.0. The van der Waals surface area contributed by atoms with Crippen LogP contribution < -0.4 is 0 Å². The number of hydrogen-bond acceptors (Lipinski definition) is 5. The second-order valence-corrected chi connectivity index (χ2v) is 12.1. The van der Waals surface area contributed by atoms with Crippen LogP contribution in [0.25, 0.3) is 67.5 Å². The van der Waals surface area contributed by atoms with E-state index >= 15 is 0 Å². The van der Waals surface area contributed by atoms with Crippen LogP contribution in [0.2, 0.25) is 0 Å². The third-order valence-corrected chi connectivity index (χ3v) is 9.24. The molecule has 208 valence electrons. The molecule has 0 aliphatic heterocycles. The third kappa shape index (κ3) is 3.56. The Balaban J connectivity index is 1.38. The van der Waals surface area contributed by atoms with Crippen LogP contribution in [0.4, 0.5) is 0 Å². The molecule has 5 aromatic carbocycles. The van der Waals surface area contributed by atoms with Crippen molar-refractivity contribution in [3.05, 3.63) is 138 Å². The Morgan fingerprint density at radius 1 is 0.523 bits per heavy atom. The molecule has 7 aromatic rings. The first-order chi connectivity index (χ1) is 21.6. The topological polar surface area (TPSA) is 64.5 Å². The van der Waals surface area contributed by atoms with Crippen LogP contribution in [0.15, 0.2) is 116 Å². The number of aromatic nitrogens is 5. The number of benzene rings is 5. The molecule has 0 atom stereocenters. The zero-order valence-corrected chi connectivity index (χ0v) is 24.4. The van der Waals surface area contributed by atoms with E-state index in [9.17, 15) is 0 Å². The molecule has 9 rings (SSSR count). The van der Waals surface area contributed by atoms with Crippen LogP contribution in [0.3, 0.4) is 0 Å². The summed E-state index contributed by atoms with van der Waals surface area (Å²) in [5.41, 5.74) is 12.2. The van der Waals surface area contributed by atoms with Gasteiger partial charge in [-0.15, -0.1) is 0 Å². The molecule has 2 aliphatic carbocycles. The van der Waals surface area contributed by atoms with Crippen LogP contribution >= 0.6 is 0 Å². The van der Waals surface area contributed by atoms with E-state index in [2.05, 4.69) is 121 Å². The molecular weight excluding hydrogens is 538 g/mol. The van der Waals surface area contributed by atoms with Gasteiger partial charge in [0.25, 0.3) is 0 Å². The van der Waals surface area contributed by atoms with Gasteiger partial charge in [-0.25, -0.2) is 24.9 Å². The molecule has 0 amide bonds. The Labute approximate surface area is 255 Å². The Hall–Kier alpha value is -5.55. The van der Waals surface area contributed by atoms with E-state index in [0.717, 1.165) is 28.3 Å². The molecular formula is C39H27N5. The standard InChI is InChI=1S/C39H27N5/c1-39(2)31-18-8-7-16-29(31)33-30(22-25-21-24-12-4-6-15-27(24)32(25)34(33)39)36-42-35(43-38(44-36)37-40-19-10-20-41-37)28-17-9-13-23-11-3-5-14-26(23)28/h3-20,22H,21H2,1-2H3. The van der Waals surface area contributed by atoms with Gasteiger partial charge in [0.15, 0.2) is 17.5 Å². The highest BCUT2D eigenvalue weighted by molar-refractivity contribution is 6.00. The molecule has 0 saturated heterocycles. The first-order valence-electron chi connectivity index (χ1n) is 15.0. The van der Waals surface area contributed by atoms with Crippen molar-refractivity contribution in [1.82, 2.24) is 24.9 Å². The molecule has 5 heteroatoms. The van der Waals surface area contributed by atoms with Crippen LogP contribution in [0.5, 0.6) is 0 Å². The molecule has 2 aliphatic rings. The summed E-state index contributed by atoms with van der Waals surface area (Å²) in [6, 6.07) is 36.3. The number of fused-ring (bicyclic) bond motifs is 8. The van der Waals surface area contributed by atoms with Gasteiger partial charge in [-0.2, -0.15) is 0 Å². The molecule has 0 N–H and O–H groups in total. The van der Waals surface area contributed by atoms with Gasteiger partial charge in [-0.3, -0.25) is 0 Å². The molecule has 0 fully saturated rings. The minimum absolute atomic E-state index is 0.194. The van der Waals surface area contributed by atoms with E-state index in [1.54, 1.807) is 18.5 Å². The molecule has 2 aromatic heterocycles. The minimum Gasteiger partial charge on any atom is -0.234 e. The first-order valence-corrected chi connectivity index (χ1v) is 15.0. The highest BCUT2D eigenvalue weighted by Crippen LogP contribution is 2.58. The summed E-state index contributed by atoms with van der Waals surface area (Å²) in [6.07, 6.45) is 4.34. The minimum atomic E-state index is -0.194. The van der Waals surface area contributed by atoms with E-state index in [0.29, 0.717) is 23.3 Å². The van der Waals surface area contributed by atoms with E-state index < -0.39 is 0 Å². The van der Waals surface area contributed by atoms with Crippen molar-refractivity contribution >= 4 is 10.8 Å². The van der Waals surface area contributed by atoms with Gasteiger partial charge in [0.1, 0.15) is 0 Å². The monoisotopic (exact) mass is 565 g/mol. The average Bonchev–Trinajstić information content (AvgIpc) is 3.56. The quantitative estimate of drug-likeness (QED) is 0.214. The SMILES string of the molecule is CC1(C)c2ccccc2-c2c(-c3nc(-c4ncccn4)nc(-c4cccc5ccccc45)n3)cc3c(c21)-c1ccccc1C3.